The van der Waals surface area contributed by atoms with Gasteiger partial charge in [-0.15, -0.1) is 0 Å². The van der Waals surface area contributed by atoms with Crippen LogP contribution in [0.5, 0.6) is 0 Å². The molecule has 12 N–H and O–H groups in total. The summed E-state index contributed by atoms with van der Waals surface area (Å²) in [7, 11) is -1.84. The summed E-state index contributed by atoms with van der Waals surface area (Å²) in [6, 6.07) is 8.93. The summed E-state index contributed by atoms with van der Waals surface area (Å²) in [6.45, 7) is 1.57. The van der Waals surface area contributed by atoms with Crippen LogP contribution in [0.2, 0.25) is 0 Å². The van der Waals surface area contributed by atoms with Crippen LogP contribution in [0.4, 0.5) is 0 Å². The predicted molar refractivity (Wildman–Crippen MR) is 218 cm³/mol. The number of nitrogens with one attached hydrogen (secondary N) is 5. The Morgan fingerprint density at radius 3 is 2.02 bits per heavy atom. The van der Waals surface area contributed by atoms with Gasteiger partial charge < -0.3 is 53.2 Å². The number of alkyl halides is 1. The maximum atomic E-state index is 13.5. The molecule has 0 unspecified atom stereocenters. The summed E-state index contributed by atoms with van der Waals surface area (Å²) in [5.74, 6) is -5.08. The van der Waals surface area contributed by atoms with E-state index < -0.39 is 73.4 Å². The van der Waals surface area contributed by atoms with Crippen molar-refractivity contribution in [1.82, 2.24) is 26.6 Å². The third-order valence-electron chi connectivity index (χ3n) is 9.16. The maximum absolute atomic E-state index is 13.5. The van der Waals surface area contributed by atoms with Crippen molar-refractivity contribution < 1.29 is 43.9 Å². The molecule has 0 bridgehead atoms. The molecule has 0 fully saturated rings. The Morgan fingerprint density at radius 2 is 1.39 bits per heavy atom. The first-order chi connectivity index (χ1) is 26.8. The van der Waals surface area contributed by atoms with Crippen LogP contribution in [0.3, 0.4) is 0 Å². The van der Waals surface area contributed by atoms with E-state index in [4.69, 9.17) is 11.5 Å². The lowest BCUT2D eigenvalue weighted by molar-refractivity contribution is -0.135. The minimum absolute atomic E-state index is 0.192. The van der Waals surface area contributed by atoms with Gasteiger partial charge in [-0.3, -0.25) is 28.8 Å². The summed E-state index contributed by atoms with van der Waals surface area (Å²) < 4.78 is 0. The Balaban J connectivity index is 2.19. The maximum Gasteiger partial charge on any atom is 0.475 e. The minimum atomic E-state index is -1.84. The standard InChI is InChI=1S/C38H59BBrN7O9/c1-2-3-12-29(37(53)47-32(39(55)56)13-9-19-40)45-36(52)30(17-18-33(42)49)46-38(54)31(24-48)44-35(51)23-28(43-34(50)14-5-4-8-20-41)22-25-15-16-26-10-6-7-11-27(26)21-25/h6-7,10-11,15-16,21,28-32,48,55-56H,2-5,8-9,12-14,17-20,22-24,41H2,1H3,(H2,42,49)(H,43,50)(H,44,51)(H,45,52)(H,46,54)(H,47,53)/t28-,29-,30-,31-,32+/m0/s1. The molecule has 0 saturated heterocycles. The molecule has 0 aliphatic heterocycles. The van der Waals surface area contributed by atoms with Crippen molar-refractivity contribution in [2.45, 2.75) is 121 Å². The number of benzene rings is 2. The molecule has 56 heavy (non-hydrogen) atoms. The minimum Gasteiger partial charge on any atom is -0.426 e. The number of carbonyl (C=O) groups is 6. The van der Waals surface area contributed by atoms with Gasteiger partial charge in [-0.1, -0.05) is 84.6 Å². The molecule has 2 rings (SSSR count). The van der Waals surface area contributed by atoms with Crippen LogP contribution in [0.15, 0.2) is 42.5 Å². The zero-order chi connectivity index (χ0) is 41.5. The number of hydrogen-bond donors (Lipinski definition) is 10. The Bertz CT molecular complexity index is 1570. The molecule has 0 aliphatic carbocycles. The van der Waals surface area contributed by atoms with Gasteiger partial charge in [-0.05, 0) is 67.8 Å². The van der Waals surface area contributed by atoms with E-state index in [0.717, 1.165) is 29.2 Å². The van der Waals surface area contributed by atoms with Gasteiger partial charge in [0.2, 0.25) is 35.4 Å². The summed E-state index contributed by atoms with van der Waals surface area (Å²) >= 11 is 3.27. The number of unbranched alkanes of at least 4 members (excludes halogenated alkanes) is 3. The van der Waals surface area contributed by atoms with Gasteiger partial charge in [0.25, 0.3) is 0 Å². The fourth-order valence-electron chi connectivity index (χ4n) is 6.06. The Kier molecular flexibility index (Phi) is 22.9. The van der Waals surface area contributed by atoms with Gasteiger partial charge in [0.15, 0.2) is 0 Å². The van der Waals surface area contributed by atoms with Crippen molar-refractivity contribution in [3.8, 4) is 0 Å². The second-order valence-electron chi connectivity index (χ2n) is 13.9. The van der Waals surface area contributed by atoms with Crippen molar-refractivity contribution in [2.24, 2.45) is 11.5 Å². The summed E-state index contributed by atoms with van der Waals surface area (Å²) in [5, 5.41) is 45.3. The van der Waals surface area contributed by atoms with Crippen molar-refractivity contribution in [3.05, 3.63) is 48.0 Å². The van der Waals surface area contributed by atoms with Crippen LogP contribution < -0.4 is 38.1 Å². The van der Waals surface area contributed by atoms with Gasteiger partial charge in [0, 0.05) is 30.6 Å². The molecule has 16 nitrogen and oxygen atoms in total. The van der Waals surface area contributed by atoms with E-state index in [9.17, 15) is 43.9 Å². The molecular weight excluding hydrogens is 789 g/mol. The molecule has 0 radical (unpaired) electrons. The summed E-state index contributed by atoms with van der Waals surface area (Å²) in [4.78, 5) is 78.2. The van der Waals surface area contributed by atoms with Crippen LogP contribution in [-0.4, -0.2) is 106 Å². The number of rotatable bonds is 28. The Labute approximate surface area is 337 Å². The van der Waals surface area contributed by atoms with E-state index >= 15 is 0 Å². The van der Waals surface area contributed by atoms with E-state index in [1.165, 1.54) is 0 Å². The average molecular weight is 849 g/mol. The largest absolute Gasteiger partial charge is 0.475 e. The summed E-state index contributed by atoms with van der Waals surface area (Å²) in [6.07, 6.45) is 4.13. The van der Waals surface area contributed by atoms with Crippen molar-refractivity contribution in [2.75, 3.05) is 18.5 Å². The highest BCUT2D eigenvalue weighted by Crippen LogP contribution is 2.18. The molecule has 2 aromatic rings. The number of hydrogen-bond acceptors (Lipinski definition) is 10. The molecule has 0 aromatic heterocycles. The molecule has 0 saturated carbocycles. The third kappa shape index (κ3) is 18.2. The van der Waals surface area contributed by atoms with Gasteiger partial charge in [-0.2, -0.15) is 0 Å². The first-order valence-electron chi connectivity index (χ1n) is 19.3. The number of halogens is 1. The Morgan fingerprint density at radius 1 is 0.732 bits per heavy atom. The zero-order valence-electron chi connectivity index (χ0n) is 32.1. The van der Waals surface area contributed by atoms with Gasteiger partial charge >= 0.3 is 7.12 Å². The SMILES string of the molecule is CCCC[C@H](NC(=O)[C@H](CCC(N)=O)NC(=O)[C@H](CO)NC(=O)C[C@H](Cc1ccc2ccccc2c1)NC(=O)CCCCCN)C(=O)N[C@H](CCCBr)B(O)O. The molecule has 5 atom stereocenters. The molecule has 0 aliphatic rings. The second-order valence-corrected chi connectivity index (χ2v) is 14.7. The van der Waals surface area contributed by atoms with Crippen LogP contribution >= 0.6 is 15.9 Å². The highest BCUT2D eigenvalue weighted by Gasteiger charge is 2.32. The third-order valence-corrected chi connectivity index (χ3v) is 9.72. The number of fused-ring (bicyclic) bond motifs is 1. The smallest absolute Gasteiger partial charge is 0.426 e. The van der Waals surface area contributed by atoms with Crippen molar-refractivity contribution in [3.63, 3.8) is 0 Å². The normalized spacial score (nSPS) is 13.8. The molecule has 2 aromatic carbocycles. The number of amides is 6. The van der Waals surface area contributed by atoms with E-state index in [1.54, 1.807) is 0 Å². The van der Waals surface area contributed by atoms with Crippen LogP contribution in [0, 0.1) is 0 Å². The number of aliphatic hydroxyl groups is 1. The number of primary amides is 1. The van der Waals surface area contributed by atoms with Crippen molar-refractivity contribution in [1.29, 1.82) is 0 Å². The number of nitrogens with two attached hydrogens (primary N) is 2. The topological polar surface area (TPSA) is 275 Å². The van der Waals surface area contributed by atoms with E-state index in [1.807, 2.05) is 49.4 Å². The lowest BCUT2D eigenvalue weighted by atomic mass is 9.76. The highest BCUT2D eigenvalue weighted by molar-refractivity contribution is 9.09. The van der Waals surface area contributed by atoms with Crippen LogP contribution in [-0.2, 0) is 35.2 Å². The van der Waals surface area contributed by atoms with Crippen LogP contribution in [0.25, 0.3) is 10.8 Å². The average Bonchev–Trinajstić information content (AvgIpc) is 3.16. The first kappa shape index (κ1) is 48.1. The zero-order valence-corrected chi connectivity index (χ0v) is 33.7. The highest BCUT2D eigenvalue weighted by atomic mass is 79.9. The monoisotopic (exact) mass is 847 g/mol. The second kappa shape index (κ2) is 26.7. The quantitative estimate of drug-likeness (QED) is 0.0319. The fraction of sp³-hybridized carbons (Fsp3) is 0.579. The molecule has 18 heteroatoms. The lowest BCUT2D eigenvalue weighted by Crippen LogP contribution is -2.59. The van der Waals surface area contributed by atoms with Gasteiger partial charge in [0.1, 0.15) is 18.1 Å². The number of carbonyl (C=O) groups excluding carboxylic acids is 6. The predicted octanol–water partition coefficient (Wildman–Crippen LogP) is 0.351. The van der Waals surface area contributed by atoms with Crippen LogP contribution in [0.1, 0.15) is 89.5 Å². The van der Waals surface area contributed by atoms with Crippen molar-refractivity contribution >= 4 is 69.3 Å². The molecular formula is C38H59BBrN7O9. The van der Waals surface area contributed by atoms with E-state index in [2.05, 4.69) is 42.5 Å². The molecule has 0 spiro atoms. The van der Waals surface area contributed by atoms with Gasteiger partial charge in [-0.25, -0.2) is 0 Å². The van der Waals surface area contributed by atoms with Gasteiger partial charge in [0.05, 0.1) is 12.5 Å². The van der Waals surface area contributed by atoms with E-state index in [0.29, 0.717) is 44.0 Å². The summed E-state index contributed by atoms with van der Waals surface area (Å²) in [5.41, 5.74) is 11.8. The fourth-order valence-corrected chi connectivity index (χ4v) is 6.38. The lowest BCUT2D eigenvalue weighted by Gasteiger charge is -2.26. The molecule has 0 heterocycles. The first-order valence-corrected chi connectivity index (χ1v) is 20.4. The van der Waals surface area contributed by atoms with E-state index in [-0.39, 0.29) is 44.4 Å². The molecule has 310 valence electrons. The molecule has 6 amide bonds. The number of aliphatic hydroxyl groups excluding tert-OH is 1. The Hall–Kier alpha value is -4.10.